The van der Waals surface area contributed by atoms with Crippen molar-refractivity contribution in [1.82, 2.24) is 9.80 Å². The van der Waals surface area contributed by atoms with Crippen LogP contribution >= 0.6 is 0 Å². The van der Waals surface area contributed by atoms with Gasteiger partial charge in [0.15, 0.2) is 9.84 Å². The zero-order valence-corrected chi connectivity index (χ0v) is 14.4. The van der Waals surface area contributed by atoms with E-state index in [9.17, 15) is 8.42 Å². The number of sulfone groups is 1. The summed E-state index contributed by atoms with van der Waals surface area (Å²) in [5.74, 6) is 0.681. The Morgan fingerprint density at radius 2 is 1.65 bits per heavy atom. The molecule has 0 unspecified atom stereocenters. The van der Waals surface area contributed by atoms with Crippen LogP contribution in [0, 0.1) is 0 Å². The van der Waals surface area contributed by atoms with E-state index in [0.717, 1.165) is 45.6 Å². The Morgan fingerprint density at radius 1 is 1.00 bits per heavy atom. The average molecular weight is 334 g/mol. The molecule has 0 aliphatic carbocycles. The Kier molecular flexibility index (Phi) is 5.51. The van der Waals surface area contributed by atoms with E-state index in [4.69, 9.17) is 0 Å². The van der Waals surface area contributed by atoms with Gasteiger partial charge in [-0.15, -0.1) is 0 Å². The molecule has 0 N–H and O–H groups in total. The number of benzene rings is 1. The Bertz CT molecular complexity index is 606. The van der Waals surface area contributed by atoms with Gasteiger partial charge < -0.3 is 0 Å². The van der Waals surface area contributed by atoms with Crippen molar-refractivity contribution in [3.8, 4) is 0 Å². The lowest BCUT2D eigenvalue weighted by atomic mass is 10.0. The molecular weight excluding hydrogens is 308 g/mol. The molecule has 2 fully saturated rings. The average Bonchev–Trinajstić information content (AvgIpc) is 2.57. The second kappa shape index (κ2) is 7.60. The molecule has 2 aliphatic heterocycles. The third-order valence-electron chi connectivity index (χ3n) is 4.93. The van der Waals surface area contributed by atoms with E-state index in [-0.39, 0.29) is 0 Å². The fraction of sp³-hybridized carbons (Fsp3) is 0.556. The predicted octanol–water partition coefficient (Wildman–Crippen LogP) is 1.89. The molecule has 2 saturated heterocycles. The fourth-order valence-corrected chi connectivity index (χ4v) is 4.69. The first kappa shape index (κ1) is 16.7. The van der Waals surface area contributed by atoms with Crippen LogP contribution in [0.5, 0.6) is 0 Å². The number of nitrogens with zero attached hydrogens (tertiary/aromatic N) is 2. The standard InChI is InChI=1S/C18H26N2O2S/c21-23(22)15-13-20(14-16-23)18-8-11-19(12-9-18)10-4-7-17-5-2-1-3-6-17/h1-7,18H,8-16H2/b7-4+. The van der Waals surface area contributed by atoms with Gasteiger partial charge in [0.25, 0.3) is 0 Å². The number of hydrogen-bond acceptors (Lipinski definition) is 4. The van der Waals surface area contributed by atoms with Gasteiger partial charge in [-0.2, -0.15) is 0 Å². The molecule has 5 heteroatoms. The number of rotatable bonds is 4. The van der Waals surface area contributed by atoms with Gasteiger partial charge in [-0.05, 0) is 31.5 Å². The molecule has 0 atom stereocenters. The van der Waals surface area contributed by atoms with E-state index < -0.39 is 9.84 Å². The highest BCUT2D eigenvalue weighted by Gasteiger charge is 2.29. The monoisotopic (exact) mass is 334 g/mol. The second-order valence-electron chi connectivity index (χ2n) is 6.53. The minimum Gasteiger partial charge on any atom is -0.300 e. The number of hydrogen-bond donors (Lipinski definition) is 0. The van der Waals surface area contributed by atoms with Crippen molar-refractivity contribution in [3.05, 3.63) is 42.0 Å². The van der Waals surface area contributed by atoms with E-state index >= 15 is 0 Å². The van der Waals surface area contributed by atoms with E-state index in [1.165, 1.54) is 5.56 Å². The fourth-order valence-electron chi connectivity index (χ4n) is 3.46. The van der Waals surface area contributed by atoms with Gasteiger partial charge in [0.05, 0.1) is 11.5 Å². The Labute approximate surface area is 139 Å². The summed E-state index contributed by atoms with van der Waals surface area (Å²) in [5.41, 5.74) is 1.25. The van der Waals surface area contributed by atoms with Crippen LogP contribution in [-0.4, -0.2) is 68.5 Å². The number of likely N-dealkylation sites (tertiary alicyclic amines) is 1. The lowest BCUT2D eigenvalue weighted by Crippen LogP contribution is -2.50. The lowest BCUT2D eigenvalue weighted by Gasteiger charge is -2.39. The maximum Gasteiger partial charge on any atom is 0.152 e. The van der Waals surface area contributed by atoms with Gasteiger partial charge in [0.1, 0.15) is 0 Å². The summed E-state index contributed by atoms with van der Waals surface area (Å²) in [4.78, 5) is 4.87. The molecule has 2 aliphatic rings. The highest BCUT2D eigenvalue weighted by atomic mass is 32.2. The zero-order valence-electron chi connectivity index (χ0n) is 13.6. The summed E-state index contributed by atoms with van der Waals surface area (Å²) in [6, 6.07) is 11.0. The summed E-state index contributed by atoms with van der Waals surface area (Å²) in [6.45, 7) is 4.65. The normalized spacial score (nSPS) is 24.2. The first-order valence-corrected chi connectivity index (χ1v) is 10.3. The third kappa shape index (κ3) is 4.90. The van der Waals surface area contributed by atoms with Crippen LogP contribution in [0.3, 0.4) is 0 Å². The van der Waals surface area contributed by atoms with E-state index in [2.05, 4.69) is 46.2 Å². The predicted molar refractivity (Wildman–Crippen MR) is 95.2 cm³/mol. The van der Waals surface area contributed by atoms with Gasteiger partial charge in [-0.1, -0.05) is 42.5 Å². The van der Waals surface area contributed by atoms with Gasteiger partial charge >= 0.3 is 0 Å². The van der Waals surface area contributed by atoms with Crippen molar-refractivity contribution in [2.45, 2.75) is 18.9 Å². The molecule has 3 rings (SSSR count). The van der Waals surface area contributed by atoms with Crippen LogP contribution < -0.4 is 0 Å². The topological polar surface area (TPSA) is 40.6 Å². The molecule has 1 aromatic carbocycles. The summed E-state index contributed by atoms with van der Waals surface area (Å²) >= 11 is 0. The van der Waals surface area contributed by atoms with Crippen molar-refractivity contribution >= 4 is 15.9 Å². The summed E-state index contributed by atoms with van der Waals surface area (Å²) in [6.07, 6.45) is 6.73. The molecular formula is C18H26N2O2S. The smallest absolute Gasteiger partial charge is 0.152 e. The van der Waals surface area contributed by atoms with Gasteiger partial charge in [0, 0.05) is 25.7 Å². The van der Waals surface area contributed by atoms with E-state index in [1.807, 2.05) is 6.07 Å². The maximum absolute atomic E-state index is 11.5. The molecule has 0 saturated carbocycles. The molecule has 0 spiro atoms. The quantitative estimate of drug-likeness (QED) is 0.843. The van der Waals surface area contributed by atoms with Crippen molar-refractivity contribution in [1.29, 1.82) is 0 Å². The van der Waals surface area contributed by atoms with E-state index in [0.29, 0.717) is 17.5 Å². The highest BCUT2D eigenvalue weighted by molar-refractivity contribution is 7.91. The Hall–Kier alpha value is -1.17. The maximum atomic E-state index is 11.5. The van der Waals surface area contributed by atoms with Crippen molar-refractivity contribution < 1.29 is 8.42 Å². The third-order valence-corrected chi connectivity index (χ3v) is 6.54. The lowest BCUT2D eigenvalue weighted by molar-refractivity contribution is 0.122. The van der Waals surface area contributed by atoms with Crippen LogP contribution in [-0.2, 0) is 9.84 Å². The van der Waals surface area contributed by atoms with E-state index in [1.54, 1.807) is 0 Å². The molecule has 4 nitrogen and oxygen atoms in total. The SMILES string of the molecule is O=S1(=O)CCN(C2CCN(C/C=C/c3ccccc3)CC2)CC1. The summed E-state index contributed by atoms with van der Waals surface area (Å²) in [5, 5.41) is 0. The molecule has 23 heavy (non-hydrogen) atoms. The highest BCUT2D eigenvalue weighted by Crippen LogP contribution is 2.19. The molecule has 1 aromatic rings. The first-order valence-electron chi connectivity index (χ1n) is 8.51. The molecule has 2 heterocycles. The molecule has 126 valence electrons. The molecule has 0 bridgehead atoms. The van der Waals surface area contributed by atoms with Crippen molar-refractivity contribution in [3.63, 3.8) is 0 Å². The Morgan fingerprint density at radius 3 is 2.30 bits per heavy atom. The Balaban J connectivity index is 1.41. The second-order valence-corrected chi connectivity index (χ2v) is 8.84. The van der Waals surface area contributed by atoms with Crippen LogP contribution in [0.1, 0.15) is 18.4 Å². The van der Waals surface area contributed by atoms with Crippen LogP contribution in [0.4, 0.5) is 0 Å². The molecule has 0 amide bonds. The van der Waals surface area contributed by atoms with Gasteiger partial charge in [-0.25, -0.2) is 8.42 Å². The van der Waals surface area contributed by atoms with Crippen LogP contribution in [0.15, 0.2) is 36.4 Å². The molecule has 0 aromatic heterocycles. The zero-order chi connectivity index (χ0) is 16.1. The number of piperidine rings is 1. The largest absolute Gasteiger partial charge is 0.300 e. The summed E-state index contributed by atoms with van der Waals surface area (Å²) in [7, 11) is -2.76. The minimum atomic E-state index is -2.76. The summed E-state index contributed by atoms with van der Waals surface area (Å²) < 4.78 is 23.0. The van der Waals surface area contributed by atoms with Gasteiger partial charge in [-0.3, -0.25) is 9.80 Å². The van der Waals surface area contributed by atoms with Crippen molar-refractivity contribution in [2.75, 3.05) is 44.2 Å². The minimum absolute atomic E-state index is 0.340. The van der Waals surface area contributed by atoms with Crippen LogP contribution in [0.25, 0.3) is 6.08 Å². The first-order chi connectivity index (χ1) is 11.1. The molecule has 0 radical (unpaired) electrons. The van der Waals surface area contributed by atoms with Crippen LogP contribution in [0.2, 0.25) is 0 Å². The van der Waals surface area contributed by atoms with Crippen molar-refractivity contribution in [2.24, 2.45) is 0 Å². The van der Waals surface area contributed by atoms with Gasteiger partial charge in [0.2, 0.25) is 0 Å².